The molecule has 0 amide bonds. The molecule has 1 atom stereocenters. The van der Waals surface area contributed by atoms with Crippen LogP contribution in [0.5, 0.6) is 5.75 Å². The van der Waals surface area contributed by atoms with Crippen LogP contribution in [0.4, 0.5) is 4.79 Å². The number of allylic oxidation sites excluding steroid dienone is 1. The van der Waals surface area contributed by atoms with Gasteiger partial charge in [-0.3, -0.25) is 4.98 Å². The number of ether oxygens (including phenoxy) is 3. The molecule has 7 heteroatoms. The van der Waals surface area contributed by atoms with E-state index in [-0.39, 0.29) is 6.61 Å². The van der Waals surface area contributed by atoms with Crippen LogP contribution in [0.25, 0.3) is 11.0 Å². The first kappa shape index (κ1) is 25.5. The van der Waals surface area contributed by atoms with E-state index in [1.807, 2.05) is 44.3 Å². The van der Waals surface area contributed by atoms with Gasteiger partial charge in [0, 0.05) is 47.2 Å². The van der Waals surface area contributed by atoms with Crippen molar-refractivity contribution in [1.29, 1.82) is 0 Å². The number of pyridine rings is 1. The SMILES string of the molecule is C=CC(C)(C)c1cc2cc3c(cc2oc1=O)O[C@H](C(C)(C)OC(=O)OCCc1ccc(CC)cn1)C3. The molecule has 4 rings (SSSR count). The number of carbonyl (C=O) groups is 1. The third-order valence-corrected chi connectivity index (χ3v) is 6.79. The summed E-state index contributed by atoms with van der Waals surface area (Å²) in [7, 11) is 0. The summed E-state index contributed by atoms with van der Waals surface area (Å²) in [6.07, 6.45) is 4.37. The van der Waals surface area contributed by atoms with Crippen molar-refractivity contribution in [1.82, 2.24) is 4.98 Å². The van der Waals surface area contributed by atoms with Crippen molar-refractivity contribution in [2.75, 3.05) is 6.61 Å². The number of hydrogen-bond acceptors (Lipinski definition) is 7. The molecule has 2 aromatic heterocycles. The van der Waals surface area contributed by atoms with Gasteiger partial charge in [0.2, 0.25) is 0 Å². The second-order valence-corrected chi connectivity index (χ2v) is 10.2. The lowest BCUT2D eigenvalue weighted by Crippen LogP contribution is -2.43. The minimum atomic E-state index is -0.944. The lowest BCUT2D eigenvalue weighted by molar-refractivity contribution is -0.0670. The zero-order chi connectivity index (χ0) is 26.1. The van der Waals surface area contributed by atoms with E-state index < -0.39 is 28.9 Å². The minimum Gasteiger partial charge on any atom is -0.485 e. The topological polar surface area (TPSA) is 87.9 Å². The van der Waals surface area contributed by atoms with E-state index >= 15 is 0 Å². The third-order valence-electron chi connectivity index (χ3n) is 6.79. The van der Waals surface area contributed by atoms with Gasteiger partial charge in [-0.25, -0.2) is 9.59 Å². The van der Waals surface area contributed by atoms with Crippen LogP contribution in [0.3, 0.4) is 0 Å². The highest BCUT2D eigenvalue weighted by molar-refractivity contribution is 5.80. The van der Waals surface area contributed by atoms with Crippen molar-refractivity contribution in [3.63, 3.8) is 0 Å². The van der Waals surface area contributed by atoms with Crippen molar-refractivity contribution in [2.24, 2.45) is 0 Å². The zero-order valence-electron chi connectivity index (χ0n) is 21.6. The van der Waals surface area contributed by atoms with Crippen LogP contribution in [-0.4, -0.2) is 29.5 Å². The van der Waals surface area contributed by atoms with Crippen molar-refractivity contribution < 1.29 is 23.4 Å². The van der Waals surface area contributed by atoms with Gasteiger partial charge < -0.3 is 18.6 Å². The summed E-state index contributed by atoms with van der Waals surface area (Å²) in [4.78, 5) is 29.3. The highest BCUT2D eigenvalue weighted by atomic mass is 16.7. The molecule has 0 N–H and O–H groups in total. The Morgan fingerprint density at radius 1 is 1.22 bits per heavy atom. The molecule has 1 aromatic carbocycles. The number of benzene rings is 1. The maximum absolute atomic E-state index is 12.6. The molecule has 0 fully saturated rings. The number of fused-ring (bicyclic) bond motifs is 2. The third kappa shape index (κ3) is 5.30. The Bertz CT molecular complexity index is 1340. The van der Waals surface area contributed by atoms with Gasteiger partial charge in [0.15, 0.2) is 0 Å². The van der Waals surface area contributed by atoms with Gasteiger partial charge in [-0.2, -0.15) is 0 Å². The van der Waals surface area contributed by atoms with Crippen molar-refractivity contribution in [3.05, 3.63) is 82.0 Å². The Kier molecular flexibility index (Phi) is 6.94. The second kappa shape index (κ2) is 9.80. The molecule has 3 heterocycles. The average molecular weight is 492 g/mol. The fourth-order valence-corrected chi connectivity index (χ4v) is 4.17. The van der Waals surface area contributed by atoms with Gasteiger partial charge in [0.1, 0.15) is 29.6 Å². The summed E-state index contributed by atoms with van der Waals surface area (Å²) in [5, 5.41) is 0.807. The van der Waals surface area contributed by atoms with E-state index in [1.165, 1.54) is 0 Å². The van der Waals surface area contributed by atoms with E-state index in [2.05, 4.69) is 18.5 Å². The molecule has 0 saturated carbocycles. The smallest absolute Gasteiger partial charge is 0.485 e. The van der Waals surface area contributed by atoms with E-state index in [0.29, 0.717) is 29.7 Å². The quantitative estimate of drug-likeness (QED) is 0.227. The van der Waals surface area contributed by atoms with Gasteiger partial charge in [0.05, 0.1) is 0 Å². The number of nitrogens with zero attached hydrogens (tertiary/aromatic N) is 1. The molecule has 7 nitrogen and oxygen atoms in total. The summed E-state index contributed by atoms with van der Waals surface area (Å²) in [5.74, 6) is 0.609. The zero-order valence-corrected chi connectivity index (χ0v) is 21.6. The summed E-state index contributed by atoms with van der Waals surface area (Å²) in [5.41, 5.74) is 2.10. The van der Waals surface area contributed by atoms with E-state index in [4.69, 9.17) is 18.6 Å². The van der Waals surface area contributed by atoms with E-state index in [9.17, 15) is 9.59 Å². The molecule has 0 aliphatic carbocycles. The molecule has 1 aliphatic heterocycles. The molecule has 0 bridgehead atoms. The first-order valence-electron chi connectivity index (χ1n) is 12.2. The van der Waals surface area contributed by atoms with Gasteiger partial charge in [-0.1, -0.05) is 32.9 Å². The fourth-order valence-electron chi connectivity index (χ4n) is 4.17. The van der Waals surface area contributed by atoms with Gasteiger partial charge in [-0.15, -0.1) is 6.58 Å². The molecule has 190 valence electrons. The van der Waals surface area contributed by atoms with Crippen molar-refractivity contribution in [2.45, 2.75) is 71.0 Å². The minimum absolute atomic E-state index is 0.174. The fraction of sp³-hybridized carbons (Fsp3) is 0.414. The molecule has 1 aliphatic rings. The summed E-state index contributed by atoms with van der Waals surface area (Å²) < 4.78 is 22.6. The lowest BCUT2D eigenvalue weighted by atomic mass is 9.85. The number of carbonyl (C=O) groups excluding carboxylic acids is 1. The summed E-state index contributed by atoms with van der Waals surface area (Å²) in [6.45, 7) is 13.5. The molecule has 0 saturated heterocycles. The molecule has 36 heavy (non-hydrogen) atoms. The highest BCUT2D eigenvalue weighted by Crippen LogP contribution is 2.38. The number of hydrogen-bond donors (Lipinski definition) is 0. The maximum Gasteiger partial charge on any atom is 0.508 e. The Labute approximate surface area is 211 Å². The highest BCUT2D eigenvalue weighted by Gasteiger charge is 2.40. The summed E-state index contributed by atoms with van der Waals surface area (Å²) in [6, 6.07) is 9.49. The monoisotopic (exact) mass is 491 g/mol. The Morgan fingerprint density at radius 3 is 2.67 bits per heavy atom. The van der Waals surface area contributed by atoms with Crippen molar-refractivity contribution >= 4 is 17.1 Å². The normalized spacial score (nSPS) is 15.3. The second-order valence-electron chi connectivity index (χ2n) is 10.2. The standard InChI is InChI=1S/C29H33NO6/c1-7-18-9-10-21(30-17-18)11-12-33-27(32)36-29(5,6)25-15-20-13-19-14-22(28(3,4)8-2)26(31)35-24(19)16-23(20)34-25/h8-10,13-14,16-17,25H,2,7,11-12,15H2,1,3-6H3/t25-/m0/s1. The van der Waals surface area contributed by atoms with Crippen LogP contribution in [-0.2, 0) is 34.2 Å². The molecule has 3 aromatic rings. The molecular weight excluding hydrogens is 458 g/mol. The summed E-state index contributed by atoms with van der Waals surface area (Å²) >= 11 is 0. The van der Waals surface area contributed by atoms with Crippen molar-refractivity contribution in [3.8, 4) is 5.75 Å². The number of aryl methyl sites for hydroxylation is 1. The van der Waals surface area contributed by atoms with Crippen LogP contribution in [0.2, 0.25) is 0 Å². The predicted molar refractivity (Wildman–Crippen MR) is 138 cm³/mol. The maximum atomic E-state index is 12.6. The van der Waals surface area contributed by atoms with Crippen LogP contribution in [0.15, 0.2) is 58.4 Å². The van der Waals surface area contributed by atoms with E-state index in [1.54, 1.807) is 26.0 Å². The lowest BCUT2D eigenvalue weighted by Gasteiger charge is -2.30. The predicted octanol–water partition coefficient (Wildman–Crippen LogP) is 5.69. The Hall–Kier alpha value is -3.61. The first-order valence-corrected chi connectivity index (χ1v) is 12.2. The van der Waals surface area contributed by atoms with Crippen LogP contribution < -0.4 is 10.4 Å². The largest absolute Gasteiger partial charge is 0.508 e. The molecule has 0 unspecified atom stereocenters. The number of aromatic nitrogens is 1. The Balaban J connectivity index is 1.40. The Morgan fingerprint density at radius 2 is 2.00 bits per heavy atom. The molecule has 0 radical (unpaired) electrons. The van der Waals surface area contributed by atoms with Crippen LogP contribution in [0, 0.1) is 0 Å². The average Bonchev–Trinajstić information content (AvgIpc) is 3.26. The number of rotatable bonds is 8. The van der Waals surface area contributed by atoms with Crippen LogP contribution in [0.1, 0.15) is 57.0 Å². The van der Waals surface area contributed by atoms with E-state index in [0.717, 1.165) is 28.6 Å². The van der Waals surface area contributed by atoms with Gasteiger partial charge in [0.25, 0.3) is 0 Å². The van der Waals surface area contributed by atoms with Gasteiger partial charge >= 0.3 is 11.8 Å². The molecular formula is C29H33NO6. The van der Waals surface area contributed by atoms with Crippen LogP contribution >= 0.6 is 0 Å². The first-order chi connectivity index (χ1) is 17.0. The molecule has 0 spiro atoms. The van der Waals surface area contributed by atoms with Gasteiger partial charge in [-0.05, 0) is 49.6 Å².